The maximum Gasteiger partial charge on any atom is 0.412 e. The molecule has 7 heteroatoms. The van der Waals surface area contributed by atoms with E-state index in [9.17, 15) is 13.2 Å². The molecule has 0 fully saturated rings. The molecule has 0 saturated heterocycles. The van der Waals surface area contributed by atoms with Gasteiger partial charge < -0.3 is 9.14 Å². The number of rotatable bonds is 3. The van der Waals surface area contributed by atoms with Crippen molar-refractivity contribution in [3.8, 4) is 0 Å². The number of sulfone groups is 1. The summed E-state index contributed by atoms with van der Waals surface area (Å²) >= 11 is 0. The number of amides is 1. The molecule has 0 atom stereocenters. The van der Waals surface area contributed by atoms with Crippen LogP contribution in [0.3, 0.4) is 0 Å². The van der Waals surface area contributed by atoms with Crippen molar-refractivity contribution in [1.29, 1.82) is 0 Å². The van der Waals surface area contributed by atoms with Crippen LogP contribution in [0.2, 0.25) is 0 Å². The number of nitrogens with zero attached hydrogens (tertiary/aromatic N) is 1. The van der Waals surface area contributed by atoms with E-state index in [1.807, 2.05) is 0 Å². The van der Waals surface area contributed by atoms with Crippen LogP contribution in [0.15, 0.2) is 70.7 Å². The van der Waals surface area contributed by atoms with Gasteiger partial charge in [-0.3, -0.25) is 5.32 Å². The van der Waals surface area contributed by atoms with Crippen molar-refractivity contribution in [1.82, 2.24) is 4.40 Å². The van der Waals surface area contributed by atoms with Crippen molar-refractivity contribution in [2.24, 2.45) is 0 Å². The molecule has 3 rings (SSSR count). The molecule has 6 nitrogen and oxygen atoms in total. The molecule has 0 radical (unpaired) electrons. The SMILES string of the molecule is CC(C)(C)OC(=O)Nc1cn2ccccc2c1S(=O)(=O)c1ccccc1. The van der Waals surface area contributed by atoms with Crippen LogP contribution in [0.1, 0.15) is 20.8 Å². The minimum atomic E-state index is -3.83. The summed E-state index contributed by atoms with van der Waals surface area (Å²) in [6, 6.07) is 13.3. The average Bonchev–Trinajstić information content (AvgIpc) is 2.92. The van der Waals surface area contributed by atoms with Gasteiger partial charge in [0.1, 0.15) is 10.5 Å². The van der Waals surface area contributed by atoms with Crippen molar-refractivity contribution in [3.63, 3.8) is 0 Å². The molecule has 26 heavy (non-hydrogen) atoms. The third-order valence-corrected chi connectivity index (χ3v) is 5.45. The van der Waals surface area contributed by atoms with E-state index >= 15 is 0 Å². The summed E-state index contributed by atoms with van der Waals surface area (Å²) in [6.45, 7) is 5.22. The fraction of sp³-hybridized carbons (Fsp3) is 0.211. The fourth-order valence-electron chi connectivity index (χ4n) is 2.60. The van der Waals surface area contributed by atoms with Crippen LogP contribution in [0.25, 0.3) is 5.52 Å². The Morgan fingerprint density at radius 3 is 2.35 bits per heavy atom. The zero-order chi connectivity index (χ0) is 18.9. The van der Waals surface area contributed by atoms with E-state index < -0.39 is 21.5 Å². The number of ether oxygens (including phenoxy) is 1. The molecule has 0 aliphatic heterocycles. The first kappa shape index (κ1) is 18.0. The maximum absolute atomic E-state index is 13.2. The van der Waals surface area contributed by atoms with Crippen LogP contribution in [0, 0.1) is 0 Å². The Bertz CT molecular complexity index is 1050. The Morgan fingerprint density at radius 1 is 1.04 bits per heavy atom. The summed E-state index contributed by atoms with van der Waals surface area (Å²) in [5.41, 5.74) is -0.0430. The summed E-state index contributed by atoms with van der Waals surface area (Å²) in [5.74, 6) is 0. The van der Waals surface area contributed by atoms with Crippen LogP contribution in [-0.4, -0.2) is 24.5 Å². The summed E-state index contributed by atoms with van der Waals surface area (Å²) in [7, 11) is -3.83. The fourth-order valence-corrected chi connectivity index (χ4v) is 4.19. The van der Waals surface area contributed by atoms with Crippen LogP contribution < -0.4 is 5.32 Å². The molecule has 136 valence electrons. The maximum atomic E-state index is 13.2. The average molecular weight is 372 g/mol. The van der Waals surface area contributed by atoms with Crippen LogP contribution in [0.5, 0.6) is 0 Å². The van der Waals surface area contributed by atoms with Crippen LogP contribution in [0.4, 0.5) is 10.5 Å². The quantitative estimate of drug-likeness (QED) is 0.750. The van der Waals surface area contributed by atoms with Crippen molar-refractivity contribution in [2.75, 3.05) is 5.32 Å². The first-order valence-electron chi connectivity index (χ1n) is 8.08. The number of pyridine rings is 1. The summed E-state index contributed by atoms with van der Waals surface area (Å²) in [6.07, 6.45) is 2.58. The molecule has 1 aromatic carbocycles. The number of anilines is 1. The number of hydrogen-bond acceptors (Lipinski definition) is 4. The molecule has 2 heterocycles. The standard InChI is InChI=1S/C19H20N2O4S/c1-19(2,3)25-18(22)20-15-13-21-12-8-7-11-16(21)17(15)26(23,24)14-9-5-4-6-10-14/h4-13H,1-3H3,(H,20,22). The van der Waals surface area contributed by atoms with Gasteiger partial charge in [0, 0.05) is 12.4 Å². The van der Waals surface area contributed by atoms with E-state index in [4.69, 9.17) is 4.74 Å². The largest absolute Gasteiger partial charge is 0.444 e. The number of hydrogen-bond donors (Lipinski definition) is 1. The molecule has 0 spiro atoms. The lowest BCUT2D eigenvalue weighted by molar-refractivity contribution is 0.0635. The van der Waals surface area contributed by atoms with E-state index in [-0.39, 0.29) is 15.5 Å². The van der Waals surface area contributed by atoms with E-state index in [0.29, 0.717) is 5.52 Å². The van der Waals surface area contributed by atoms with Gasteiger partial charge in [0.15, 0.2) is 0 Å². The highest BCUT2D eigenvalue weighted by Crippen LogP contribution is 2.33. The Kier molecular flexibility index (Phi) is 4.50. The number of carbonyl (C=O) groups excluding carboxylic acids is 1. The highest BCUT2D eigenvalue weighted by atomic mass is 32.2. The highest BCUT2D eigenvalue weighted by Gasteiger charge is 2.28. The van der Waals surface area contributed by atoms with E-state index in [2.05, 4.69) is 5.32 Å². The predicted octanol–water partition coefficient (Wildman–Crippen LogP) is 4.12. The summed E-state index contributed by atoms with van der Waals surface area (Å²) < 4.78 is 33.3. The summed E-state index contributed by atoms with van der Waals surface area (Å²) in [4.78, 5) is 12.4. The van der Waals surface area contributed by atoms with Gasteiger partial charge in [0.2, 0.25) is 9.84 Å². The van der Waals surface area contributed by atoms with Gasteiger partial charge in [-0.1, -0.05) is 24.3 Å². The van der Waals surface area contributed by atoms with Gasteiger partial charge in [-0.05, 0) is 45.0 Å². The number of fused-ring (bicyclic) bond motifs is 1. The number of nitrogens with one attached hydrogen (secondary N) is 1. The van der Waals surface area contributed by atoms with Crippen molar-refractivity contribution < 1.29 is 17.9 Å². The van der Waals surface area contributed by atoms with E-state index in [1.54, 1.807) is 74.0 Å². The monoisotopic (exact) mass is 372 g/mol. The molecule has 3 aromatic rings. The molecule has 1 amide bonds. The minimum Gasteiger partial charge on any atom is -0.444 e. The molecule has 1 N–H and O–H groups in total. The van der Waals surface area contributed by atoms with Gasteiger partial charge in [-0.15, -0.1) is 0 Å². The second kappa shape index (κ2) is 6.49. The molecular formula is C19H20N2O4S. The molecule has 0 saturated carbocycles. The lowest BCUT2D eigenvalue weighted by Gasteiger charge is -2.19. The van der Waals surface area contributed by atoms with Gasteiger partial charge in [0.05, 0.1) is 16.1 Å². The van der Waals surface area contributed by atoms with Gasteiger partial charge >= 0.3 is 6.09 Å². The first-order valence-corrected chi connectivity index (χ1v) is 9.57. The third kappa shape index (κ3) is 3.57. The number of aromatic nitrogens is 1. The lowest BCUT2D eigenvalue weighted by Crippen LogP contribution is -2.27. The van der Waals surface area contributed by atoms with Crippen molar-refractivity contribution in [3.05, 3.63) is 60.9 Å². The highest BCUT2D eigenvalue weighted by molar-refractivity contribution is 7.91. The van der Waals surface area contributed by atoms with Gasteiger partial charge in [-0.2, -0.15) is 0 Å². The smallest absolute Gasteiger partial charge is 0.412 e. The second-order valence-corrected chi connectivity index (χ2v) is 8.69. The zero-order valence-electron chi connectivity index (χ0n) is 14.8. The Balaban J connectivity index is 2.13. The molecule has 2 aromatic heterocycles. The first-order chi connectivity index (χ1) is 12.2. The normalized spacial score (nSPS) is 12.1. The van der Waals surface area contributed by atoms with E-state index in [0.717, 1.165) is 0 Å². The number of benzene rings is 1. The third-order valence-electron chi connectivity index (χ3n) is 3.59. The van der Waals surface area contributed by atoms with Crippen molar-refractivity contribution in [2.45, 2.75) is 36.2 Å². The number of carbonyl (C=O) groups is 1. The molecule has 0 unspecified atom stereocenters. The molecule has 0 aliphatic rings. The van der Waals surface area contributed by atoms with E-state index in [1.165, 1.54) is 12.1 Å². The minimum absolute atomic E-state index is 0.0372. The van der Waals surface area contributed by atoms with Crippen molar-refractivity contribution >= 4 is 27.1 Å². The Morgan fingerprint density at radius 2 is 1.69 bits per heavy atom. The van der Waals surface area contributed by atoms with Crippen LogP contribution in [-0.2, 0) is 14.6 Å². The van der Waals surface area contributed by atoms with Crippen LogP contribution >= 0.6 is 0 Å². The van der Waals surface area contributed by atoms with Gasteiger partial charge in [0.25, 0.3) is 0 Å². The lowest BCUT2D eigenvalue weighted by atomic mass is 10.2. The second-order valence-electron chi connectivity index (χ2n) is 6.81. The Labute approximate surface area is 152 Å². The molecule has 0 bridgehead atoms. The van der Waals surface area contributed by atoms with Gasteiger partial charge in [-0.25, -0.2) is 13.2 Å². The molecule has 0 aliphatic carbocycles. The topological polar surface area (TPSA) is 76.9 Å². The predicted molar refractivity (Wildman–Crippen MR) is 99.1 cm³/mol. The Hall–Kier alpha value is -2.80. The summed E-state index contributed by atoms with van der Waals surface area (Å²) in [5, 5.41) is 2.57. The zero-order valence-corrected chi connectivity index (χ0v) is 15.6. The molecular weight excluding hydrogens is 352 g/mol.